The van der Waals surface area contributed by atoms with Crippen LogP contribution in [0.5, 0.6) is 0 Å². The molecule has 0 atom stereocenters. The molecule has 0 spiro atoms. The summed E-state index contributed by atoms with van der Waals surface area (Å²) < 4.78 is 14.1. The van der Waals surface area contributed by atoms with Gasteiger partial charge in [0, 0.05) is 6.54 Å². The molecule has 0 bridgehead atoms. The van der Waals surface area contributed by atoms with E-state index in [0.717, 1.165) is 0 Å². The van der Waals surface area contributed by atoms with Crippen molar-refractivity contribution in [2.45, 2.75) is 6.92 Å². The Bertz CT molecular complexity index is 232. The van der Waals surface area contributed by atoms with E-state index in [9.17, 15) is 9.36 Å². The van der Waals surface area contributed by atoms with Crippen LogP contribution in [-0.4, -0.2) is 22.2 Å². The molecule has 0 aliphatic rings. The lowest BCUT2D eigenvalue weighted by atomic mass is 10.5. The fraction of sp³-hybridized carbons (Fsp3) is 0.400. The highest BCUT2D eigenvalue weighted by Gasteiger charge is 2.20. The van der Waals surface area contributed by atoms with E-state index in [-0.39, 0.29) is 0 Å². The molecule has 7 heteroatoms. The number of carbonyl (C=O) groups excluding carboxylic acids is 1. The van der Waals surface area contributed by atoms with Crippen LogP contribution in [0.1, 0.15) is 6.92 Å². The maximum Gasteiger partial charge on any atom is 0.524 e. The minimum Gasteiger partial charge on any atom is -0.399 e. The van der Waals surface area contributed by atoms with Crippen molar-refractivity contribution in [2.75, 3.05) is 6.54 Å². The van der Waals surface area contributed by atoms with Crippen LogP contribution in [0.15, 0.2) is 12.3 Å². The molecule has 0 fully saturated rings. The summed E-state index contributed by atoms with van der Waals surface area (Å²) >= 11 is 0. The number of rotatable bonds is 4. The van der Waals surface area contributed by atoms with E-state index in [4.69, 9.17) is 9.79 Å². The number of hydrogen-bond donors (Lipinski definition) is 3. The molecular formula is C5H10NO5P. The van der Waals surface area contributed by atoms with E-state index in [1.54, 1.807) is 6.92 Å². The van der Waals surface area contributed by atoms with Crippen molar-refractivity contribution >= 4 is 13.7 Å². The number of nitrogens with one attached hydrogen (secondary N) is 1. The SMILES string of the molecule is C=C(OP(=O)(O)O)C(=O)NCC. The molecule has 0 aromatic heterocycles. The fourth-order valence-electron chi connectivity index (χ4n) is 0.444. The van der Waals surface area contributed by atoms with Gasteiger partial charge >= 0.3 is 7.82 Å². The highest BCUT2D eigenvalue weighted by atomic mass is 31.2. The normalized spacial score (nSPS) is 10.6. The lowest BCUT2D eigenvalue weighted by Crippen LogP contribution is -2.24. The van der Waals surface area contributed by atoms with Gasteiger partial charge in [-0.1, -0.05) is 6.58 Å². The highest BCUT2D eigenvalue weighted by molar-refractivity contribution is 7.46. The third-order valence-electron chi connectivity index (χ3n) is 0.820. The molecule has 0 rings (SSSR count). The standard InChI is InChI=1S/C5H10NO5P/c1-3-6-5(7)4(2)11-12(8,9)10/h2-3H2,1H3,(H,6,7)(H2,8,9,10). The Hall–Kier alpha value is -0.840. The average molecular weight is 195 g/mol. The van der Waals surface area contributed by atoms with E-state index in [0.29, 0.717) is 6.54 Å². The Morgan fingerprint density at radius 2 is 2.17 bits per heavy atom. The molecule has 0 aliphatic carbocycles. The van der Waals surface area contributed by atoms with E-state index in [1.165, 1.54) is 0 Å². The van der Waals surface area contributed by atoms with E-state index in [2.05, 4.69) is 16.4 Å². The lowest BCUT2D eigenvalue weighted by Gasteiger charge is -2.08. The van der Waals surface area contributed by atoms with Gasteiger partial charge in [-0.3, -0.25) is 14.6 Å². The monoisotopic (exact) mass is 195 g/mol. The number of carbonyl (C=O) groups is 1. The molecule has 3 N–H and O–H groups in total. The Morgan fingerprint density at radius 1 is 1.67 bits per heavy atom. The minimum atomic E-state index is -4.66. The smallest absolute Gasteiger partial charge is 0.399 e. The van der Waals surface area contributed by atoms with E-state index < -0.39 is 19.5 Å². The number of amides is 1. The molecule has 0 aromatic rings. The second kappa shape index (κ2) is 4.25. The molecule has 0 heterocycles. The van der Waals surface area contributed by atoms with Gasteiger partial charge in [0.15, 0.2) is 5.76 Å². The zero-order valence-corrected chi connectivity index (χ0v) is 7.38. The van der Waals surface area contributed by atoms with Gasteiger partial charge in [0.2, 0.25) is 0 Å². The third-order valence-corrected chi connectivity index (χ3v) is 1.28. The van der Waals surface area contributed by atoms with Crippen molar-refractivity contribution in [1.29, 1.82) is 0 Å². The second-order valence-electron chi connectivity index (χ2n) is 1.86. The Kier molecular flexibility index (Phi) is 3.95. The molecule has 0 unspecified atom stereocenters. The largest absolute Gasteiger partial charge is 0.524 e. The van der Waals surface area contributed by atoms with Crippen LogP contribution in [-0.2, 0) is 13.9 Å². The number of likely N-dealkylation sites (N-methyl/N-ethyl adjacent to an activating group) is 1. The molecule has 12 heavy (non-hydrogen) atoms. The summed E-state index contributed by atoms with van der Waals surface area (Å²) in [5.41, 5.74) is 0. The molecule has 0 radical (unpaired) electrons. The Labute approximate surface area is 69.5 Å². The van der Waals surface area contributed by atoms with Crippen molar-refractivity contribution in [1.82, 2.24) is 5.32 Å². The number of phosphoric acid groups is 1. The van der Waals surface area contributed by atoms with Crippen LogP contribution in [0.2, 0.25) is 0 Å². The predicted molar refractivity (Wildman–Crippen MR) is 41.0 cm³/mol. The molecule has 1 amide bonds. The number of phosphoric ester groups is 1. The molecule has 0 aromatic carbocycles. The predicted octanol–water partition coefficient (Wildman–Crippen LogP) is -0.255. The van der Waals surface area contributed by atoms with Crippen molar-refractivity contribution in [3.63, 3.8) is 0 Å². The summed E-state index contributed by atoms with van der Waals surface area (Å²) in [5, 5.41) is 2.26. The summed E-state index contributed by atoms with van der Waals surface area (Å²) in [6, 6.07) is 0. The van der Waals surface area contributed by atoms with Crippen molar-refractivity contribution in [3.05, 3.63) is 12.3 Å². The zero-order valence-electron chi connectivity index (χ0n) is 6.48. The fourth-order valence-corrected chi connectivity index (χ4v) is 0.814. The van der Waals surface area contributed by atoms with Gasteiger partial charge in [-0.05, 0) is 6.92 Å². The van der Waals surface area contributed by atoms with E-state index >= 15 is 0 Å². The molecule has 6 nitrogen and oxygen atoms in total. The first-order valence-corrected chi connectivity index (χ1v) is 4.62. The van der Waals surface area contributed by atoms with Gasteiger partial charge in [-0.2, -0.15) is 0 Å². The highest BCUT2D eigenvalue weighted by Crippen LogP contribution is 2.38. The molecule has 0 saturated carbocycles. The summed E-state index contributed by atoms with van der Waals surface area (Å²) in [7, 11) is -4.66. The van der Waals surface area contributed by atoms with Gasteiger partial charge in [-0.15, -0.1) is 0 Å². The Morgan fingerprint density at radius 3 is 2.50 bits per heavy atom. The maximum absolute atomic E-state index is 10.7. The van der Waals surface area contributed by atoms with Crippen LogP contribution in [0.3, 0.4) is 0 Å². The van der Waals surface area contributed by atoms with Gasteiger partial charge in [-0.25, -0.2) is 4.57 Å². The van der Waals surface area contributed by atoms with Crippen molar-refractivity contribution in [2.24, 2.45) is 0 Å². The second-order valence-corrected chi connectivity index (χ2v) is 3.03. The van der Waals surface area contributed by atoms with E-state index in [1.807, 2.05) is 0 Å². The number of hydrogen-bond acceptors (Lipinski definition) is 3. The topological polar surface area (TPSA) is 95.9 Å². The first kappa shape index (κ1) is 11.2. The van der Waals surface area contributed by atoms with Crippen molar-refractivity contribution in [3.8, 4) is 0 Å². The summed E-state index contributed by atoms with van der Waals surface area (Å²) in [6.07, 6.45) is 0. The third kappa shape index (κ3) is 4.90. The minimum absolute atomic E-state index is 0.336. The summed E-state index contributed by atoms with van der Waals surface area (Å²) in [5.74, 6) is -1.33. The van der Waals surface area contributed by atoms with Crippen LogP contribution >= 0.6 is 7.82 Å². The molecule has 0 aliphatic heterocycles. The lowest BCUT2D eigenvalue weighted by molar-refractivity contribution is -0.119. The van der Waals surface area contributed by atoms with Crippen LogP contribution in [0.25, 0.3) is 0 Å². The zero-order chi connectivity index (χ0) is 9.78. The molecule has 70 valence electrons. The molecular weight excluding hydrogens is 185 g/mol. The first-order chi connectivity index (χ1) is 5.37. The molecule has 0 saturated heterocycles. The van der Waals surface area contributed by atoms with Crippen LogP contribution in [0, 0.1) is 0 Å². The van der Waals surface area contributed by atoms with Gasteiger partial charge < -0.3 is 9.84 Å². The van der Waals surface area contributed by atoms with Crippen molar-refractivity contribution < 1.29 is 23.7 Å². The van der Waals surface area contributed by atoms with Gasteiger partial charge in [0.1, 0.15) is 0 Å². The van der Waals surface area contributed by atoms with Gasteiger partial charge in [0.05, 0.1) is 0 Å². The first-order valence-electron chi connectivity index (χ1n) is 3.09. The van der Waals surface area contributed by atoms with Crippen LogP contribution in [0.4, 0.5) is 0 Å². The maximum atomic E-state index is 10.7. The van der Waals surface area contributed by atoms with Gasteiger partial charge in [0.25, 0.3) is 5.91 Å². The summed E-state index contributed by atoms with van der Waals surface area (Å²) in [6.45, 7) is 5.02. The summed E-state index contributed by atoms with van der Waals surface area (Å²) in [4.78, 5) is 27.2. The average Bonchev–Trinajstić information content (AvgIpc) is 1.84. The Balaban J connectivity index is 4.06. The quantitative estimate of drug-likeness (QED) is 0.326. The van der Waals surface area contributed by atoms with Crippen LogP contribution < -0.4 is 5.32 Å².